The molecule has 0 fully saturated rings. The second kappa shape index (κ2) is 7.57. The van der Waals surface area contributed by atoms with Gasteiger partial charge in [-0.2, -0.15) is 0 Å². The number of nitrogens with one attached hydrogen (secondary N) is 1. The molecule has 1 aromatic carbocycles. The van der Waals surface area contributed by atoms with E-state index in [-0.39, 0.29) is 11.9 Å². The second-order valence-corrected chi connectivity index (χ2v) is 5.58. The third kappa shape index (κ3) is 3.83. The number of carbonyl (C=O) groups is 1. The van der Waals surface area contributed by atoms with Crippen molar-refractivity contribution in [3.63, 3.8) is 0 Å². The van der Waals surface area contributed by atoms with Crippen molar-refractivity contribution in [2.45, 2.75) is 13.0 Å². The quantitative estimate of drug-likeness (QED) is 0.774. The Morgan fingerprint density at radius 3 is 2.52 bits per heavy atom. The van der Waals surface area contributed by atoms with Crippen LogP contribution in [0.5, 0.6) is 5.75 Å². The van der Waals surface area contributed by atoms with Gasteiger partial charge in [0.15, 0.2) is 0 Å². The highest BCUT2D eigenvalue weighted by Gasteiger charge is 2.13. The van der Waals surface area contributed by atoms with E-state index in [2.05, 4.69) is 15.3 Å². The third-order valence-electron chi connectivity index (χ3n) is 3.89. The number of benzene rings is 1. The van der Waals surface area contributed by atoms with Crippen LogP contribution in [-0.2, 0) is 0 Å². The van der Waals surface area contributed by atoms with Crippen LogP contribution in [0, 0.1) is 0 Å². The number of rotatable bonds is 5. The fourth-order valence-electron chi connectivity index (χ4n) is 2.53. The molecule has 0 aliphatic rings. The molecule has 0 aliphatic carbocycles. The number of hydrogen-bond donors (Lipinski definition) is 1. The number of aromatic nitrogens is 2. The number of nitrogens with zero attached hydrogens (tertiary/aromatic N) is 2. The van der Waals surface area contributed by atoms with Gasteiger partial charge in [-0.25, -0.2) is 0 Å². The number of carbonyl (C=O) groups excluding carboxylic acids is 1. The Kier molecular flexibility index (Phi) is 5.04. The van der Waals surface area contributed by atoms with E-state index in [1.54, 1.807) is 25.6 Å². The average molecular weight is 333 g/mol. The predicted molar refractivity (Wildman–Crippen MR) is 96.3 cm³/mol. The summed E-state index contributed by atoms with van der Waals surface area (Å²) in [7, 11) is 1.62. The molecule has 25 heavy (non-hydrogen) atoms. The highest BCUT2D eigenvalue weighted by Crippen LogP contribution is 2.27. The minimum absolute atomic E-state index is 0.178. The van der Waals surface area contributed by atoms with Crippen molar-refractivity contribution in [2.75, 3.05) is 7.11 Å². The van der Waals surface area contributed by atoms with Gasteiger partial charge in [0.25, 0.3) is 5.91 Å². The van der Waals surface area contributed by atoms with E-state index in [1.807, 2.05) is 55.5 Å². The number of ether oxygens (including phenoxy) is 1. The molecule has 2 heterocycles. The Labute approximate surface area is 146 Å². The maximum Gasteiger partial charge on any atom is 0.253 e. The smallest absolute Gasteiger partial charge is 0.253 e. The third-order valence-corrected chi connectivity index (χ3v) is 3.89. The van der Waals surface area contributed by atoms with Crippen LogP contribution in [0.2, 0.25) is 0 Å². The average Bonchev–Trinajstić information content (AvgIpc) is 2.68. The molecule has 0 radical (unpaired) electrons. The number of pyridine rings is 2. The monoisotopic (exact) mass is 333 g/mol. The minimum atomic E-state index is -0.183. The Morgan fingerprint density at radius 1 is 1.04 bits per heavy atom. The Morgan fingerprint density at radius 2 is 1.84 bits per heavy atom. The largest absolute Gasteiger partial charge is 0.496 e. The van der Waals surface area contributed by atoms with Crippen LogP contribution in [0.1, 0.15) is 29.0 Å². The summed E-state index contributed by atoms with van der Waals surface area (Å²) >= 11 is 0. The molecule has 1 unspecified atom stereocenters. The lowest BCUT2D eigenvalue weighted by Gasteiger charge is -2.13. The fraction of sp³-hybridized carbons (Fsp3) is 0.150. The van der Waals surface area contributed by atoms with Crippen LogP contribution in [-0.4, -0.2) is 23.0 Å². The first kappa shape index (κ1) is 16.6. The van der Waals surface area contributed by atoms with Crippen molar-refractivity contribution in [1.82, 2.24) is 15.3 Å². The van der Waals surface area contributed by atoms with Crippen LogP contribution in [0.25, 0.3) is 11.3 Å². The molecule has 2 aromatic heterocycles. The van der Waals surface area contributed by atoms with Gasteiger partial charge >= 0.3 is 0 Å². The SMILES string of the molecule is COc1ccccc1-c1ccc(C(=O)NC(C)c2ccccn2)cn1. The first-order valence-electron chi connectivity index (χ1n) is 8.00. The van der Waals surface area contributed by atoms with Gasteiger partial charge in [0.2, 0.25) is 0 Å². The topological polar surface area (TPSA) is 64.1 Å². The van der Waals surface area contributed by atoms with Gasteiger partial charge in [0, 0.05) is 18.0 Å². The highest BCUT2D eigenvalue weighted by atomic mass is 16.5. The minimum Gasteiger partial charge on any atom is -0.496 e. The predicted octanol–water partition coefficient (Wildman–Crippen LogP) is 3.64. The normalized spacial score (nSPS) is 11.6. The van der Waals surface area contributed by atoms with Crippen molar-refractivity contribution in [1.29, 1.82) is 0 Å². The zero-order valence-electron chi connectivity index (χ0n) is 14.1. The number of para-hydroxylation sites is 1. The Bertz CT molecular complexity index is 848. The molecule has 5 nitrogen and oxygen atoms in total. The molecule has 3 aromatic rings. The van der Waals surface area contributed by atoms with E-state index in [0.717, 1.165) is 22.7 Å². The standard InChI is InChI=1S/C20H19N3O2/c1-14(17-8-5-6-12-21-17)23-20(24)15-10-11-18(22-13-15)16-7-3-4-9-19(16)25-2/h3-14H,1-2H3,(H,23,24). The van der Waals surface area contributed by atoms with Crippen molar-refractivity contribution < 1.29 is 9.53 Å². The Balaban J connectivity index is 1.75. The van der Waals surface area contributed by atoms with Gasteiger partial charge in [-0.05, 0) is 43.3 Å². The fourth-order valence-corrected chi connectivity index (χ4v) is 2.53. The summed E-state index contributed by atoms with van der Waals surface area (Å²) in [6, 6.07) is 16.7. The molecule has 126 valence electrons. The van der Waals surface area contributed by atoms with Crippen LogP contribution in [0.4, 0.5) is 0 Å². The summed E-state index contributed by atoms with van der Waals surface area (Å²) in [5.41, 5.74) is 2.96. The summed E-state index contributed by atoms with van der Waals surface area (Å²) in [4.78, 5) is 21.1. The summed E-state index contributed by atoms with van der Waals surface area (Å²) in [5.74, 6) is 0.563. The van der Waals surface area contributed by atoms with Crippen LogP contribution < -0.4 is 10.1 Å². The van der Waals surface area contributed by atoms with Crippen LogP contribution in [0.15, 0.2) is 67.0 Å². The summed E-state index contributed by atoms with van der Waals surface area (Å²) in [5, 5.41) is 2.93. The van der Waals surface area contributed by atoms with Gasteiger partial charge in [-0.15, -0.1) is 0 Å². The number of methoxy groups -OCH3 is 1. The van der Waals surface area contributed by atoms with Gasteiger partial charge in [-0.3, -0.25) is 14.8 Å². The molecular formula is C20H19N3O2. The van der Waals surface area contributed by atoms with Crippen molar-refractivity contribution in [2.24, 2.45) is 0 Å². The molecule has 0 bridgehead atoms. The lowest BCUT2D eigenvalue weighted by molar-refractivity contribution is 0.0939. The maximum atomic E-state index is 12.4. The molecular weight excluding hydrogens is 314 g/mol. The van der Waals surface area contributed by atoms with E-state index in [0.29, 0.717) is 5.56 Å². The molecule has 1 amide bonds. The van der Waals surface area contributed by atoms with E-state index < -0.39 is 0 Å². The molecule has 0 spiro atoms. The van der Waals surface area contributed by atoms with E-state index >= 15 is 0 Å². The second-order valence-electron chi connectivity index (χ2n) is 5.58. The zero-order chi connectivity index (χ0) is 17.6. The van der Waals surface area contributed by atoms with E-state index in [9.17, 15) is 4.79 Å². The lowest BCUT2D eigenvalue weighted by atomic mass is 10.1. The van der Waals surface area contributed by atoms with Crippen LogP contribution in [0.3, 0.4) is 0 Å². The van der Waals surface area contributed by atoms with Gasteiger partial charge in [0.05, 0.1) is 30.1 Å². The zero-order valence-corrected chi connectivity index (χ0v) is 14.1. The first-order valence-corrected chi connectivity index (χ1v) is 8.00. The molecule has 5 heteroatoms. The molecule has 3 rings (SSSR count). The van der Waals surface area contributed by atoms with Crippen LogP contribution >= 0.6 is 0 Å². The molecule has 1 N–H and O–H groups in total. The van der Waals surface area contributed by atoms with Gasteiger partial charge in [-0.1, -0.05) is 18.2 Å². The van der Waals surface area contributed by atoms with Crippen molar-refractivity contribution in [3.8, 4) is 17.0 Å². The summed E-state index contributed by atoms with van der Waals surface area (Å²) < 4.78 is 5.35. The van der Waals surface area contributed by atoms with Crippen molar-refractivity contribution >= 4 is 5.91 Å². The highest BCUT2D eigenvalue weighted by molar-refractivity contribution is 5.94. The van der Waals surface area contributed by atoms with Gasteiger partial charge in [0.1, 0.15) is 5.75 Å². The Hall–Kier alpha value is -3.21. The summed E-state index contributed by atoms with van der Waals surface area (Å²) in [6.07, 6.45) is 3.28. The molecule has 0 aliphatic heterocycles. The van der Waals surface area contributed by atoms with E-state index in [4.69, 9.17) is 4.74 Å². The lowest BCUT2D eigenvalue weighted by Crippen LogP contribution is -2.27. The molecule has 1 atom stereocenters. The van der Waals surface area contributed by atoms with Gasteiger partial charge < -0.3 is 10.1 Å². The van der Waals surface area contributed by atoms with E-state index in [1.165, 1.54) is 0 Å². The first-order chi connectivity index (χ1) is 12.2. The maximum absolute atomic E-state index is 12.4. The molecule has 0 saturated carbocycles. The number of amides is 1. The number of hydrogen-bond acceptors (Lipinski definition) is 4. The van der Waals surface area contributed by atoms with Crippen molar-refractivity contribution in [3.05, 3.63) is 78.2 Å². The molecule has 0 saturated heterocycles. The summed E-state index contributed by atoms with van der Waals surface area (Å²) in [6.45, 7) is 1.90.